The summed E-state index contributed by atoms with van der Waals surface area (Å²) >= 11 is 4.67. The van der Waals surface area contributed by atoms with E-state index in [0.717, 1.165) is 10.4 Å². The molecule has 1 amide bonds. The highest BCUT2D eigenvalue weighted by atomic mass is 79.9. The van der Waals surface area contributed by atoms with E-state index in [0.29, 0.717) is 17.0 Å². The fourth-order valence-electron chi connectivity index (χ4n) is 1.44. The molecule has 18 heavy (non-hydrogen) atoms. The lowest BCUT2D eigenvalue weighted by Gasteiger charge is -2.08. The number of aryl methyl sites for hydroxylation is 1. The Kier molecular flexibility index (Phi) is 5.34. The maximum absolute atomic E-state index is 11.8. The fourth-order valence-corrected chi connectivity index (χ4v) is 2.60. The summed E-state index contributed by atoms with van der Waals surface area (Å²) in [4.78, 5) is 24.3. The van der Waals surface area contributed by atoms with E-state index >= 15 is 0 Å². The van der Waals surface area contributed by atoms with Crippen LogP contribution in [0.4, 0.5) is 5.00 Å². The lowest BCUT2D eigenvalue weighted by molar-refractivity contribution is -0.115. The minimum atomic E-state index is -0.422. The molecule has 1 rings (SSSR count). The van der Waals surface area contributed by atoms with Crippen LogP contribution in [-0.4, -0.2) is 23.8 Å². The zero-order chi connectivity index (χ0) is 13.9. The van der Waals surface area contributed by atoms with E-state index in [4.69, 9.17) is 4.74 Å². The number of thiophene rings is 1. The molecule has 1 N–H and O–H groups in total. The average molecular weight is 334 g/mol. The number of carbonyl (C=O) groups is 2. The van der Waals surface area contributed by atoms with Crippen LogP contribution in [0, 0.1) is 13.8 Å². The summed E-state index contributed by atoms with van der Waals surface area (Å²) in [7, 11) is 1.33. The molecular weight excluding hydrogens is 318 g/mol. The summed E-state index contributed by atoms with van der Waals surface area (Å²) in [6.45, 7) is 5.66. The van der Waals surface area contributed by atoms with Crippen molar-refractivity contribution < 1.29 is 14.3 Å². The van der Waals surface area contributed by atoms with Gasteiger partial charge in [-0.2, -0.15) is 0 Å². The Morgan fingerprint density at radius 1 is 1.44 bits per heavy atom. The number of nitrogens with one attached hydrogen (secondary N) is 1. The topological polar surface area (TPSA) is 55.4 Å². The van der Waals surface area contributed by atoms with Gasteiger partial charge in [0.05, 0.1) is 17.5 Å². The van der Waals surface area contributed by atoms with Gasteiger partial charge < -0.3 is 10.1 Å². The molecule has 4 nitrogen and oxygen atoms in total. The molecule has 1 atom stereocenters. The molecule has 1 aromatic heterocycles. The Labute approximate surface area is 119 Å². The molecule has 100 valence electrons. The van der Waals surface area contributed by atoms with Gasteiger partial charge >= 0.3 is 5.97 Å². The predicted molar refractivity (Wildman–Crippen MR) is 76.8 cm³/mol. The smallest absolute Gasteiger partial charge is 0.341 e. The van der Waals surface area contributed by atoms with Crippen molar-refractivity contribution in [3.05, 3.63) is 16.0 Å². The van der Waals surface area contributed by atoms with E-state index in [-0.39, 0.29) is 10.7 Å². The number of carbonyl (C=O) groups excluding carboxylic acids is 2. The van der Waals surface area contributed by atoms with Gasteiger partial charge in [0.15, 0.2) is 0 Å². The van der Waals surface area contributed by atoms with E-state index in [9.17, 15) is 9.59 Å². The molecule has 1 heterocycles. The summed E-state index contributed by atoms with van der Waals surface area (Å²) in [5.41, 5.74) is 1.30. The molecule has 0 spiro atoms. The van der Waals surface area contributed by atoms with Crippen molar-refractivity contribution in [2.75, 3.05) is 12.4 Å². The number of hydrogen-bond donors (Lipinski definition) is 1. The van der Waals surface area contributed by atoms with Crippen LogP contribution >= 0.6 is 27.3 Å². The molecule has 6 heteroatoms. The minimum absolute atomic E-state index is 0.149. The zero-order valence-corrected chi connectivity index (χ0v) is 13.2. The quantitative estimate of drug-likeness (QED) is 0.679. The van der Waals surface area contributed by atoms with E-state index in [1.54, 1.807) is 0 Å². The van der Waals surface area contributed by atoms with E-state index < -0.39 is 5.97 Å². The van der Waals surface area contributed by atoms with E-state index in [2.05, 4.69) is 21.2 Å². The van der Waals surface area contributed by atoms with Crippen LogP contribution in [0.25, 0.3) is 0 Å². The Morgan fingerprint density at radius 3 is 2.56 bits per heavy atom. The van der Waals surface area contributed by atoms with Crippen molar-refractivity contribution in [1.82, 2.24) is 0 Å². The van der Waals surface area contributed by atoms with Gasteiger partial charge in [-0.1, -0.05) is 22.9 Å². The van der Waals surface area contributed by atoms with Crippen molar-refractivity contribution in [1.29, 1.82) is 0 Å². The maximum atomic E-state index is 11.8. The first kappa shape index (κ1) is 15.2. The molecule has 1 unspecified atom stereocenters. The van der Waals surface area contributed by atoms with Crippen molar-refractivity contribution in [3.8, 4) is 0 Å². The van der Waals surface area contributed by atoms with Gasteiger partial charge in [0.2, 0.25) is 5.91 Å². The van der Waals surface area contributed by atoms with Gasteiger partial charge in [0.25, 0.3) is 0 Å². The van der Waals surface area contributed by atoms with Crippen LogP contribution in [-0.2, 0) is 9.53 Å². The normalized spacial score (nSPS) is 12.1. The molecule has 0 aliphatic carbocycles. The molecule has 0 fully saturated rings. The second-order valence-corrected chi connectivity index (χ2v) is 6.17. The molecule has 0 saturated carbocycles. The average Bonchev–Trinajstić information content (AvgIpc) is 2.63. The predicted octanol–water partition coefficient (Wildman–Crippen LogP) is 3.26. The summed E-state index contributed by atoms with van der Waals surface area (Å²) in [6, 6.07) is 0. The van der Waals surface area contributed by atoms with Gasteiger partial charge in [-0.3, -0.25) is 4.79 Å². The zero-order valence-electron chi connectivity index (χ0n) is 10.8. The third kappa shape index (κ3) is 3.11. The molecule has 0 aliphatic heterocycles. The van der Waals surface area contributed by atoms with Crippen molar-refractivity contribution in [2.45, 2.75) is 32.0 Å². The number of anilines is 1. The second kappa shape index (κ2) is 6.33. The summed E-state index contributed by atoms with van der Waals surface area (Å²) in [5.74, 6) is -0.571. The number of halogens is 1. The number of methoxy groups -OCH3 is 1. The number of hydrogen-bond acceptors (Lipinski definition) is 4. The fraction of sp³-hybridized carbons (Fsp3) is 0.500. The van der Waals surface area contributed by atoms with E-state index in [1.807, 2.05) is 20.8 Å². The monoisotopic (exact) mass is 333 g/mol. The first-order valence-corrected chi connectivity index (χ1v) is 7.28. The second-order valence-electron chi connectivity index (χ2n) is 3.84. The number of ether oxygens (including phenoxy) is 1. The highest BCUT2D eigenvalue weighted by Gasteiger charge is 2.23. The summed E-state index contributed by atoms with van der Waals surface area (Å²) in [5, 5.41) is 3.33. The Balaban J connectivity index is 3.06. The van der Waals surface area contributed by atoms with Gasteiger partial charge in [0.1, 0.15) is 5.00 Å². The summed E-state index contributed by atoms with van der Waals surface area (Å²) in [6.07, 6.45) is 0.683. The van der Waals surface area contributed by atoms with E-state index in [1.165, 1.54) is 18.4 Å². The Bertz CT molecular complexity index is 470. The lowest BCUT2D eigenvalue weighted by atomic mass is 10.1. The SMILES string of the molecule is CCC(Br)C(=O)Nc1sc(C)c(C)c1C(=O)OC. The number of rotatable bonds is 4. The van der Waals surface area contributed by atoms with Crippen molar-refractivity contribution >= 4 is 44.1 Å². The van der Waals surface area contributed by atoms with Gasteiger partial charge in [-0.25, -0.2) is 4.79 Å². The van der Waals surface area contributed by atoms with Crippen LogP contribution < -0.4 is 5.32 Å². The molecule has 0 aromatic carbocycles. The van der Waals surface area contributed by atoms with Crippen LogP contribution in [0.3, 0.4) is 0 Å². The van der Waals surface area contributed by atoms with Gasteiger partial charge in [-0.15, -0.1) is 11.3 Å². The molecule has 0 bridgehead atoms. The highest BCUT2D eigenvalue weighted by Crippen LogP contribution is 2.33. The highest BCUT2D eigenvalue weighted by molar-refractivity contribution is 9.10. The van der Waals surface area contributed by atoms with Crippen LogP contribution in [0.5, 0.6) is 0 Å². The molecular formula is C12H16BrNO3S. The Morgan fingerprint density at radius 2 is 2.06 bits per heavy atom. The number of alkyl halides is 1. The molecule has 1 aromatic rings. The first-order valence-electron chi connectivity index (χ1n) is 5.55. The van der Waals surface area contributed by atoms with Crippen LogP contribution in [0.2, 0.25) is 0 Å². The van der Waals surface area contributed by atoms with Crippen LogP contribution in [0.1, 0.15) is 34.1 Å². The standard InChI is InChI=1S/C12H16BrNO3S/c1-5-8(13)10(15)14-11-9(12(16)17-4)6(2)7(3)18-11/h8H,5H2,1-4H3,(H,14,15). The summed E-state index contributed by atoms with van der Waals surface area (Å²) < 4.78 is 4.74. The van der Waals surface area contributed by atoms with Crippen molar-refractivity contribution in [3.63, 3.8) is 0 Å². The van der Waals surface area contributed by atoms with Gasteiger partial charge in [-0.05, 0) is 25.8 Å². The van der Waals surface area contributed by atoms with Gasteiger partial charge in [0, 0.05) is 4.88 Å². The van der Waals surface area contributed by atoms with Crippen LogP contribution in [0.15, 0.2) is 0 Å². The first-order chi connectivity index (χ1) is 8.42. The third-order valence-electron chi connectivity index (χ3n) is 2.65. The largest absolute Gasteiger partial charge is 0.465 e. The third-order valence-corrected chi connectivity index (χ3v) is 4.84. The molecule has 0 aliphatic rings. The molecule has 0 saturated heterocycles. The Hall–Kier alpha value is -0.880. The number of esters is 1. The number of amides is 1. The van der Waals surface area contributed by atoms with Crippen molar-refractivity contribution in [2.24, 2.45) is 0 Å². The lowest BCUT2D eigenvalue weighted by Crippen LogP contribution is -2.22. The minimum Gasteiger partial charge on any atom is -0.465 e. The molecule has 0 radical (unpaired) electrons. The maximum Gasteiger partial charge on any atom is 0.341 e.